The maximum Gasteiger partial charge on any atom is 0.250 e. The minimum absolute atomic E-state index is 0.370. The maximum atomic E-state index is 11.9. The van der Waals surface area contributed by atoms with Crippen molar-refractivity contribution in [3.63, 3.8) is 0 Å². The van der Waals surface area contributed by atoms with Crippen LogP contribution in [-0.2, 0) is 16.4 Å². The van der Waals surface area contributed by atoms with E-state index in [1.807, 2.05) is 25.3 Å². The zero-order valence-electron chi connectivity index (χ0n) is 10.1. The Morgan fingerprint density at radius 1 is 1.33 bits per heavy atom. The van der Waals surface area contributed by atoms with Crippen LogP contribution in [0.2, 0.25) is 0 Å². The third-order valence-electron chi connectivity index (χ3n) is 2.32. The number of aromatic nitrogens is 1. The molecular weight excluding hydrogens is 288 g/mol. The van der Waals surface area contributed by atoms with E-state index in [2.05, 4.69) is 9.71 Å². The summed E-state index contributed by atoms with van der Waals surface area (Å²) in [4.78, 5) is 5.28. The Kier molecular flexibility index (Phi) is 4.16. The fourth-order valence-corrected chi connectivity index (χ4v) is 4.47. The van der Waals surface area contributed by atoms with Gasteiger partial charge in [0.15, 0.2) is 0 Å². The van der Waals surface area contributed by atoms with Gasteiger partial charge in [-0.3, -0.25) is 0 Å². The van der Waals surface area contributed by atoms with Gasteiger partial charge in [-0.2, -0.15) is 0 Å². The number of nitrogens with one attached hydrogen (secondary N) is 1. The molecule has 2 aromatic heterocycles. The van der Waals surface area contributed by atoms with Gasteiger partial charge in [-0.1, -0.05) is 0 Å². The molecular formula is C11H14N2O2S3. The largest absolute Gasteiger partial charge is 0.250 e. The molecule has 2 heterocycles. The molecule has 0 amide bonds. The molecule has 2 rings (SSSR count). The minimum atomic E-state index is -3.36. The second-order valence-corrected chi connectivity index (χ2v) is 8.21. The second-order valence-electron chi connectivity index (χ2n) is 3.87. The van der Waals surface area contributed by atoms with Crippen molar-refractivity contribution in [2.24, 2.45) is 0 Å². The van der Waals surface area contributed by atoms with E-state index >= 15 is 0 Å². The molecule has 1 N–H and O–H groups in total. The van der Waals surface area contributed by atoms with Gasteiger partial charge in [-0.05, 0) is 26.0 Å². The number of rotatable bonds is 5. The standard InChI is InChI=1S/C11H14N2O2S3/c1-8-3-4-11(17-8)18(14,15)12-6-5-10-7-16-9(2)13-10/h3-4,7,12H,5-6H2,1-2H3. The molecule has 18 heavy (non-hydrogen) atoms. The monoisotopic (exact) mass is 302 g/mol. The second kappa shape index (κ2) is 5.48. The molecule has 0 unspecified atom stereocenters. The number of sulfonamides is 1. The summed E-state index contributed by atoms with van der Waals surface area (Å²) in [6.45, 7) is 4.21. The Morgan fingerprint density at radius 2 is 2.11 bits per heavy atom. The van der Waals surface area contributed by atoms with Crippen LogP contribution in [0.1, 0.15) is 15.6 Å². The van der Waals surface area contributed by atoms with Crippen molar-refractivity contribution in [3.8, 4) is 0 Å². The Labute approximate surface area is 115 Å². The molecule has 0 atom stereocenters. The first-order valence-electron chi connectivity index (χ1n) is 5.44. The molecule has 0 saturated heterocycles. The lowest BCUT2D eigenvalue weighted by molar-refractivity contribution is 0.583. The first-order chi connectivity index (χ1) is 8.47. The van der Waals surface area contributed by atoms with Gasteiger partial charge in [0, 0.05) is 23.2 Å². The summed E-state index contributed by atoms with van der Waals surface area (Å²) in [5.41, 5.74) is 0.933. The lowest BCUT2D eigenvalue weighted by atomic mass is 10.3. The number of aryl methyl sites for hydroxylation is 2. The van der Waals surface area contributed by atoms with Gasteiger partial charge >= 0.3 is 0 Å². The molecule has 2 aromatic rings. The molecule has 0 aliphatic heterocycles. The lowest BCUT2D eigenvalue weighted by Gasteiger charge is -2.03. The van der Waals surface area contributed by atoms with Crippen LogP contribution in [0.4, 0.5) is 0 Å². The van der Waals surface area contributed by atoms with Crippen molar-refractivity contribution < 1.29 is 8.42 Å². The van der Waals surface area contributed by atoms with Gasteiger partial charge in [-0.25, -0.2) is 18.1 Å². The summed E-state index contributed by atoms with van der Waals surface area (Å²) in [6.07, 6.45) is 0.619. The molecule has 0 radical (unpaired) electrons. The average molecular weight is 302 g/mol. The highest BCUT2D eigenvalue weighted by Crippen LogP contribution is 2.20. The van der Waals surface area contributed by atoms with Crippen molar-refractivity contribution in [1.82, 2.24) is 9.71 Å². The maximum absolute atomic E-state index is 11.9. The van der Waals surface area contributed by atoms with Crippen LogP contribution >= 0.6 is 22.7 Å². The average Bonchev–Trinajstić information content (AvgIpc) is 2.88. The smallest absolute Gasteiger partial charge is 0.247 e. The SMILES string of the molecule is Cc1ccc(S(=O)(=O)NCCc2csc(C)n2)s1. The van der Waals surface area contributed by atoms with E-state index in [1.165, 1.54) is 11.3 Å². The Bertz CT molecular complexity index is 628. The first kappa shape index (κ1) is 13.7. The fraction of sp³-hybridized carbons (Fsp3) is 0.364. The zero-order valence-corrected chi connectivity index (χ0v) is 12.6. The topological polar surface area (TPSA) is 59.1 Å². The number of thiophene rings is 1. The first-order valence-corrected chi connectivity index (χ1v) is 8.62. The molecule has 0 aliphatic carbocycles. The van der Waals surface area contributed by atoms with Gasteiger partial charge < -0.3 is 0 Å². The van der Waals surface area contributed by atoms with E-state index in [4.69, 9.17) is 0 Å². The fourth-order valence-electron chi connectivity index (χ4n) is 1.46. The third-order valence-corrected chi connectivity index (χ3v) is 6.10. The van der Waals surface area contributed by atoms with Crippen LogP contribution in [0.25, 0.3) is 0 Å². The highest BCUT2D eigenvalue weighted by atomic mass is 32.2. The van der Waals surface area contributed by atoms with Crippen molar-refractivity contribution in [2.45, 2.75) is 24.5 Å². The Morgan fingerprint density at radius 3 is 2.67 bits per heavy atom. The van der Waals surface area contributed by atoms with E-state index in [9.17, 15) is 8.42 Å². The normalized spacial score (nSPS) is 11.9. The molecule has 0 saturated carbocycles. The van der Waals surface area contributed by atoms with E-state index in [-0.39, 0.29) is 0 Å². The Hall–Kier alpha value is -0.760. The predicted molar refractivity (Wildman–Crippen MR) is 74.8 cm³/mol. The van der Waals surface area contributed by atoms with Gasteiger partial charge in [0.05, 0.1) is 10.7 Å². The summed E-state index contributed by atoms with van der Waals surface area (Å²) in [6, 6.07) is 3.44. The highest BCUT2D eigenvalue weighted by molar-refractivity contribution is 7.91. The Balaban J connectivity index is 1.93. The summed E-state index contributed by atoms with van der Waals surface area (Å²) in [5.74, 6) is 0. The highest BCUT2D eigenvalue weighted by Gasteiger charge is 2.15. The number of hydrogen-bond acceptors (Lipinski definition) is 5. The van der Waals surface area contributed by atoms with Gasteiger partial charge in [0.2, 0.25) is 10.0 Å². The molecule has 0 spiro atoms. The molecule has 0 fully saturated rings. The van der Waals surface area contributed by atoms with Gasteiger partial charge in [-0.15, -0.1) is 22.7 Å². The number of thiazole rings is 1. The predicted octanol–water partition coefficient (Wildman–Crippen LogP) is 2.34. The molecule has 0 bridgehead atoms. The van der Waals surface area contributed by atoms with Gasteiger partial charge in [0.25, 0.3) is 0 Å². The molecule has 7 heteroatoms. The van der Waals surface area contributed by atoms with Crippen molar-refractivity contribution in [2.75, 3.05) is 6.54 Å². The van der Waals surface area contributed by atoms with Crippen LogP contribution in [0.3, 0.4) is 0 Å². The van der Waals surface area contributed by atoms with Crippen LogP contribution in [0.15, 0.2) is 21.7 Å². The summed E-state index contributed by atoms with van der Waals surface area (Å²) >= 11 is 2.86. The van der Waals surface area contributed by atoms with E-state index in [0.717, 1.165) is 15.6 Å². The van der Waals surface area contributed by atoms with Crippen molar-refractivity contribution >= 4 is 32.7 Å². The van der Waals surface area contributed by atoms with Crippen LogP contribution < -0.4 is 4.72 Å². The van der Waals surface area contributed by atoms with E-state index < -0.39 is 10.0 Å². The summed E-state index contributed by atoms with van der Waals surface area (Å²) in [7, 11) is -3.36. The van der Waals surface area contributed by atoms with Crippen LogP contribution in [-0.4, -0.2) is 19.9 Å². The van der Waals surface area contributed by atoms with Crippen LogP contribution in [0, 0.1) is 13.8 Å². The zero-order chi connectivity index (χ0) is 13.2. The number of nitrogens with zero attached hydrogens (tertiary/aromatic N) is 1. The molecule has 98 valence electrons. The molecule has 4 nitrogen and oxygen atoms in total. The third kappa shape index (κ3) is 3.38. The van der Waals surface area contributed by atoms with Crippen LogP contribution in [0.5, 0.6) is 0 Å². The van der Waals surface area contributed by atoms with Crippen molar-refractivity contribution in [3.05, 3.63) is 33.1 Å². The summed E-state index contributed by atoms with van der Waals surface area (Å²) < 4.78 is 26.8. The quantitative estimate of drug-likeness (QED) is 0.922. The molecule has 0 aromatic carbocycles. The lowest BCUT2D eigenvalue weighted by Crippen LogP contribution is -2.25. The summed E-state index contributed by atoms with van der Waals surface area (Å²) in [5, 5.41) is 2.96. The molecule has 0 aliphatic rings. The number of hydrogen-bond donors (Lipinski definition) is 1. The van der Waals surface area contributed by atoms with Crippen molar-refractivity contribution in [1.29, 1.82) is 0 Å². The van der Waals surface area contributed by atoms with E-state index in [0.29, 0.717) is 17.2 Å². The minimum Gasteiger partial charge on any atom is -0.247 e. The van der Waals surface area contributed by atoms with Gasteiger partial charge in [0.1, 0.15) is 4.21 Å². The van der Waals surface area contributed by atoms with E-state index in [1.54, 1.807) is 17.4 Å².